The van der Waals surface area contributed by atoms with Crippen molar-refractivity contribution in [2.45, 2.75) is 512 Å². The van der Waals surface area contributed by atoms with Crippen molar-refractivity contribution in [2.24, 2.45) is 44.3 Å². The second kappa shape index (κ2) is 52.2. The molecule has 736 valence electrons. The van der Waals surface area contributed by atoms with Crippen molar-refractivity contribution in [3.63, 3.8) is 0 Å². The van der Waals surface area contributed by atoms with Crippen LogP contribution in [0, 0.1) is 44.3 Å². The zero-order chi connectivity index (χ0) is 96.7. The molecular formula is C104H206N12O8S. The Morgan fingerprint density at radius 2 is 0.584 bits per heavy atom. The molecule has 0 spiro atoms. The monoisotopic (exact) mass is 1780 g/mol. The number of likely N-dealkylation sites (tertiary alicyclic amines) is 5. The number of unbranched alkanes of at least 4 members (excludes halogenated alkanes) is 6. The summed E-state index contributed by atoms with van der Waals surface area (Å²) in [5.74, 6) is 2.54. The number of amides is 5. The number of H-pyrrole nitrogens is 1. The largest absolute Gasteiger partial charge is 0.389 e. The van der Waals surface area contributed by atoms with Crippen LogP contribution in [-0.4, -0.2) is 210 Å². The van der Waals surface area contributed by atoms with Crippen LogP contribution in [0.5, 0.6) is 0 Å². The van der Waals surface area contributed by atoms with Gasteiger partial charge in [-0.25, -0.2) is 0 Å². The lowest BCUT2D eigenvalue weighted by molar-refractivity contribution is -0.155. The number of nitrogens with one attached hydrogen (secondary N) is 7. The normalized spacial score (nSPS) is 18.0. The van der Waals surface area contributed by atoms with Crippen molar-refractivity contribution in [1.29, 1.82) is 0 Å². The van der Waals surface area contributed by atoms with E-state index in [0.717, 1.165) is 135 Å². The Balaban J connectivity index is 0.000000750. The van der Waals surface area contributed by atoms with E-state index in [4.69, 9.17) is 0 Å². The number of nitrogens with zero attached hydrogens (tertiary/aromatic N) is 5. The molecule has 0 aromatic carbocycles. The molecule has 9 N–H and O–H groups in total. The average molecular weight is 1780 g/mol. The molecule has 5 aliphatic heterocycles. The number of β-amino-alcohol motifs (C(OH)–C–C–N with tert-alkyl or cyclic N) is 2. The minimum absolute atomic E-state index is 0.00438. The third-order valence-corrected chi connectivity index (χ3v) is 23.2. The quantitative estimate of drug-likeness (QED) is 0.0284. The Labute approximate surface area is 774 Å². The molecule has 0 aliphatic carbocycles. The van der Waals surface area contributed by atoms with Gasteiger partial charge in [-0.1, -0.05) is 227 Å². The number of aromatic nitrogens is 1. The summed E-state index contributed by atoms with van der Waals surface area (Å²) >= 11 is 1.25. The van der Waals surface area contributed by atoms with Crippen LogP contribution in [0.3, 0.4) is 0 Å². The first kappa shape index (κ1) is 119. The lowest BCUT2D eigenvalue weighted by Crippen LogP contribution is -2.65. The molecule has 0 bridgehead atoms. The second-order valence-corrected chi connectivity index (χ2v) is 53.4. The number of carbonyl (C=O) groups excluding carboxylic acids is 5. The Morgan fingerprint density at radius 3 is 0.768 bits per heavy atom. The van der Waals surface area contributed by atoms with E-state index < -0.39 is 5.60 Å². The van der Waals surface area contributed by atoms with E-state index in [0.29, 0.717) is 88.2 Å². The van der Waals surface area contributed by atoms with Gasteiger partial charge in [-0.3, -0.25) is 28.8 Å². The van der Waals surface area contributed by atoms with E-state index in [1.807, 2.05) is 20.1 Å². The van der Waals surface area contributed by atoms with Crippen LogP contribution in [0.1, 0.15) is 442 Å². The maximum absolute atomic E-state index is 12.6. The van der Waals surface area contributed by atoms with Crippen LogP contribution < -0.4 is 36.8 Å². The Bertz CT molecular complexity index is 3070. The van der Waals surface area contributed by atoms with E-state index >= 15 is 0 Å². The van der Waals surface area contributed by atoms with Crippen molar-refractivity contribution >= 4 is 40.9 Å². The topological polar surface area (TPSA) is 247 Å². The molecule has 0 saturated carbocycles. The summed E-state index contributed by atoms with van der Waals surface area (Å²) in [6.07, 6.45) is 27.7. The highest BCUT2D eigenvalue weighted by molar-refractivity contribution is 7.07. The summed E-state index contributed by atoms with van der Waals surface area (Å²) in [6.45, 7) is 92.9. The van der Waals surface area contributed by atoms with Crippen LogP contribution in [-0.2, 0) is 24.0 Å². The van der Waals surface area contributed by atoms with E-state index in [2.05, 4.69) is 300 Å². The minimum Gasteiger partial charge on any atom is -0.389 e. The van der Waals surface area contributed by atoms with Gasteiger partial charge < -0.3 is 71.6 Å². The number of hydrogen-bond donors (Lipinski definition) is 9. The van der Waals surface area contributed by atoms with Crippen molar-refractivity contribution in [1.82, 2.24) is 61.4 Å². The molecule has 6 rings (SSSR count). The molecule has 6 atom stereocenters. The maximum Gasteiger partial charge on any atom is 0.304 e. The second-order valence-electron chi connectivity index (χ2n) is 52.6. The molecule has 6 heterocycles. The number of thiazole rings is 1. The van der Waals surface area contributed by atoms with Gasteiger partial charge in [0.1, 0.15) is 0 Å². The summed E-state index contributed by atoms with van der Waals surface area (Å²) in [5, 5.41) is 42.2. The molecule has 20 nitrogen and oxygen atoms in total. The van der Waals surface area contributed by atoms with Crippen LogP contribution in [0.25, 0.3) is 0 Å². The molecule has 21 heteroatoms. The highest BCUT2D eigenvalue weighted by atomic mass is 32.1. The van der Waals surface area contributed by atoms with Gasteiger partial charge in [0.25, 0.3) is 0 Å². The highest BCUT2D eigenvalue weighted by Gasteiger charge is 2.43. The van der Waals surface area contributed by atoms with Gasteiger partial charge >= 0.3 is 4.87 Å². The number of carbonyl (C=O) groups is 5. The zero-order valence-electron chi connectivity index (χ0n) is 89.0. The minimum atomic E-state index is -0.700. The first-order chi connectivity index (χ1) is 56.4. The van der Waals surface area contributed by atoms with Crippen molar-refractivity contribution in [3.05, 3.63) is 20.7 Å². The van der Waals surface area contributed by atoms with Gasteiger partial charge in [0, 0.05) is 103 Å². The molecular weight excluding hydrogens is 1580 g/mol. The van der Waals surface area contributed by atoms with Gasteiger partial charge in [-0.2, -0.15) is 0 Å². The molecule has 5 amide bonds. The summed E-state index contributed by atoms with van der Waals surface area (Å²) in [5.41, 5.74) is 2.49. The summed E-state index contributed by atoms with van der Waals surface area (Å²) in [6, 6.07) is -0.0624. The number of hydrogen-bond acceptors (Lipinski definition) is 15. The molecule has 6 unspecified atom stereocenters. The molecule has 125 heavy (non-hydrogen) atoms. The first-order valence-corrected chi connectivity index (χ1v) is 50.4. The van der Waals surface area contributed by atoms with E-state index in [1.165, 1.54) is 82.0 Å². The van der Waals surface area contributed by atoms with Gasteiger partial charge in [0.2, 0.25) is 29.5 Å². The fourth-order valence-electron chi connectivity index (χ4n) is 16.2. The average Bonchev–Trinajstić information content (AvgIpc) is 1.07. The Morgan fingerprint density at radius 1 is 0.360 bits per heavy atom. The van der Waals surface area contributed by atoms with Crippen molar-refractivity contribution < 1.29 is 34.2 Å². The van der Waals surface area contributed by atoms with Gasteiger partial charge in [-0.05, 0) is 259 Å². The predicted molar refractivity (Wildman–Crippen MR) is 534 cm³/mol. The van der Waals surface area contributed by atoms with E-state index in [1.54, 1.807) is 16.7 Å². The van der Waals surface area contributed by atoms with Gasteiger partial charge in [0.05, 0.1) is 55.0 Å². The van der Waals surface area contributed by atoms with Gasteiger partial charge in [0.15, 0.2) is 0 Å². The molecule has 5 saturated heterocycles. The number of aliphatic hydroxyl groups excluding tert-OH is 1. The number of rotatable bonds is 36. The first-order valence-electron chi connectivity index (χ1n) is 49.6. The van der Waals surface area contributed by atoms with Gasteiger partial charge in [-0.15, -0.1) is 0 Å². The summed E-state index contributed by atoms with van der Waals surface area (Å²) < 4.78 is 0. The highest BCUT2D eigenvalue weighted by Crippen LogP contribution is 2.32. The standard InChI is InChI=1S/C18H36N2O2.2C18H36N2O.C17H34N2O2.C17H34N2O.C16H30N2OS/c1-16(2,3)11-9-8-10-14(19-17(4,5)6)15(21)20-12-18(7,22)13-20;2*1-14-12-20(13-14)16(21)15(19-18(5,6)7)10-8-9-11-17(2,3)4;1-16(2,3)10-8-7-9-14(18-17(4,5)6)15(21)19-11-13(20)12-19;1-16(2,3)11-8-7-10-14(18-17(4,5)6)15(20)19-12-9-13-19;1-15(2,3)10-8-7-9-12(18-16(4,5)6)13-11-20-14(19)17-13/h14,19,22H,8-13H2,1-7H3;2*14-15,19H,8-13H2,1-7H3;13-14,18,20H,7-12H2,1-6H3;14,18H,7-13H2,1-6H3;11-12,18H,7-10H2,1-6H3,(H,17,19). The number of aliphatic hydroxyl groups is 2. The summed E-state index contributed by atoms with van der Waals surface area (Å²) in [7, 11) is 0. The molecule has 5 aliphatic rings. The van der Waals surface area contributed by atoms with E-state index in [9.17, 15) is 39.0 Å². The SMILES string of the molecule is CC(C)(C)CCCCC(NC(C)(C)C)C(=O)N1CC(C)(O)C1.CC(C)(C)CCCCC(NC(C)(C)C)C(=O)N1CC(O)C1.CC(C)(C)CCCCC(NC(C)(C)C)C(=O)N1CCC1.CC(C)(C)CCCCC(NC(C)(C)C)c1csc(=O)[nH]1.CC1CN(C(=O)C(CCCCC(C)(C)C)NC(C)(C)C)C1.CC1CN(C(=O)C(CCCCC(C)(C)C)NC(C)(C)C)C1. The lowest BCUT2D eigenvalue weighted by Gasteiger charge is -2.46. The predicted octanol–water partition coefficient (Wildman–Crippen LogP) is 21.2. The van der Waals surface area contributed by atoms with E-state index in [-0.39, 0.29) is 92.3 Å². The molecule has 1 aromatic heterocycles. The number of aromatic amines is 1. The van der Waals surface area contributed by atoms with Crippen LogP contribution in [0.2, 0.25) is 0 Å². The lowest BCUT2D eigenvalue weighted by atomic mass is 9.88. The van der Waals surface area contributed by atoms with Crippen LogP contribution in [0.4, 0.5) is 0 Å². The zero-order valence-corrected chi connectivity index (χ0v) is 89.8. The van der Waals surface area contributed by atoms with Crippen molar-refractivity contribution in [3.8, 4) is 0 Å². The molecule has 1 aromatic rings. The molecule has 0 radical (unpaired) electrons. The fourth-order valence-corrected chi connectivity index (χ4v) is 16.8. The van der Waals surface area contributed by atoms with Crippen LogP contribution in [0.15, 0.2) is 10.2 Å². The smallest absolute Gasteiger partial charge is 0.304 e. The van der Waals surface area contributed by atoms with Crippen molar-refractivity contribution in [2.75, 3.05) is 65.4 Å². The Kier molecular flexibility index (Phi) is 49.9. The Hall–Kier alpha value is -3.54. The summed E-state index contributed by atoms with van der Waals surface area (Å²) in [4.78, 5) is 86.7. The molecule has 5 fully saturated rings. The third kappa shape index (κ3) is 60.3. The maximum atomic E-state index is 12.6. The third-order valence-electron chi connectivity index (χ3n) is 22.5. The fraction of sp³-hybridized carbons (Fsp3) is 0.923. The van der Waals surface area contributed by atoms with Crippen LogP contribution >= 0.6 is 11.3 Å².